The maximum atomic E-state index is 11.7. The molecule has 106 valence electrons. The molecule has 2 aromatic carbocycles. The molecule has 0 saturated heterocycles. The summed E-state index contributed by atoms with van der Waals surface area (Å²) < 4.78 is 0. The van der Waals surface area contributed by atoms with Crippen molar-refractivity contribution in [2.24, 2.45) is 5.10 Å². The Bertz CT molecular complexity index is 664. The average molecular weight is 301 g/mol. The van der Waals surface area contributed by atoms with E-state index >= 15 is 0 Å². The minimum Gasteiger partial charge on any atom is -0.508 e. The molecule has 0 heterocycles. The van der Waals surface area contributed by atoms with Gasteiger partial charge in [-0.15, -0.1) is 0 Å². The molecule has 4 nitrogen and oxygen atoms in total. The fraction of sp³-hybridized carbons (Fsp3) is 0. The Morgan fingerprint density at radius 3 is 2.43 bits per heavy atom. The van der Waals surface area contributed by atoms with Crippen molar-refractivity contribution in [1.29, 1.82) is 0 Å². The van der Waals surface area contributed by atoms with Crippen molar-refractivity contribution in [2.75, 3.05) is 0 Å². The van der Waals surface area contributed by atoms with Gasteiger partial charge in [0.1, 0.15) is 5.75 Å². The lowest BCUT2D eigenvalue weighted by Gasteiger charge is -1.99. The molecule has 0 bridgehead atoms. The summed E-state index contributed by atoms with van der Waals surface area (Å²) in [6.45, 7) is 0. The minimum atomic E-state index is -0.379. The van der Waals surface area contributed by atoms with Crippen molar-refractivity contribution >= 4 is 29.8 Å². The van der Waals surface area contributed by atoms with Gasteiger partial charge in [-0.05, 0) is 35.9 Å². The zero-order valence-corrected chi connectivity index (χ0v) is 11.8. The van der Waals surface area contributed by atoms with E-state index in [1.165, 1.54) is 30.5 Å². The summed E-state index contributed by atoms with van der Waals surface area (Å²) >= 11 is 5.99. The van der Waals surface area contributed by atoms with Crippen LogP contribution >= 0.6 is 11.6 Å². The molecule has 0 aliphatic heterocycles. The number of phenols is 1. The third kappa shape index (κ3) is 4.78. The lowest BCUT2D eigenvalue weighted by atomic mass is 10.2. The molecule has 0 saturated carbocycles. The lowest BCUT2D eigenvalue weighted by Crippen LogP contribution is -2.17. The Morgan fingerprint density at radius 1 is 1.10 bits per heavy atom. The van der Waals surface area contributed by atoms with Crippen LogP contribution in [0.2, 0.25) is 0 Å². The number of carbonyl (C=O) groups is 1. The first-order valence-corrected chi connectivity index (χ1v) is 6.57. The van der Waals surface area contributed by atoms with Gasteiger partial charge in [0.2, 0.25) is 0 Å². The second-order valence-electron chi connectivity index (χ2n) is 4.19. The van der Waals surface area contributed by atoms with Gasteiger partial charge in [0.05, 0.1) is 11.2 Å². The lowest BCUT2D eigenvalue weighted by molar-refractivity contribution is 0.0955. The highest BCUT2D eigenvalue weighted by Crippen LogP contribution is 2.10. The van der Waals surface area contributed by atoms with Crippen molar-refractivity contribution in [3.05, 3.63) is 70.8 Å². The van der Waals surface area contributed by atoms with Crippen LogP contribution in [0.25, 0.3) is 6.08 Å². The highest BCUT2D eigenvalue weighted by atomic mass is 35.5. The van der Waals surface area contributed by atoms with Crippen LogP contribution in [-0.2, 0) is 0 Å². The predicted molar refractivity (Wildman–Crippen MR) is 84.3 cm³/mol. The van der Waals surface area contributed by atoms with Crippen LogP contribution in [0.4, 0.5) is 0 Å². The van der Waals surface area contributed by atoms with Gasteiger partial charge in [-0.3, -0.25) is 4.79 Å². The Labute approximate surface area is 127 Å². The number of rotatable bonds is 4. The third-order valence-corrected chi connectivity index (χ3v) is 2.79. The van der Waals surface area contributed by atoms with Gasteiger partial charge >= 0.3 is 0 Å². The molecule has 5 heteroatoms. The normalized spacial score (nSPS) is 11.6. The number of hydrazone groups is 1. The van der Waals surface area contributed by atoms with Crippen LogP contribution in [0.5, 0.6) is 5.75 Å². The minimum absolute atomic E-state index is 0.101. The zero-order valence-electron chi connectivity index (χ0n) is 11.0. The maximum Gasteiger partial charge on any atom is 0.271 e. The van der Waals surface area contributed by atoms with Crippen LogP contribution in [0.3, 0.4) is 0 Å². The van der Waals surface area contributed by atoms with E-state index in [1.54, 1.807) is 6.08 Å². The van der Waals surface area contributed by atoms with Crippen molar-refractivity contribution in [3.63, 3.8) is 0 Å². The summed E-state index contributed by atoms with van der Waals surface area (Å²) in [5.41, 5.74) is 3.70. The molecule has 0 radical (unpaired) electrons. The fourth-order valence-electron chi connectivity index (χ4n) is 1.58. The first-order valence-electron chi connectivity index (χ1n) is 6.20. The maximum absolute atomic E-state index is 11.7. The smallest absolute Gasteiger partial charge is 0.271 e. The predicted octanol–water partition coefficient (Wildman–Crippen LogP) is 3.39. The molecule has 0 atom stereocenters. The SMILES string of the molecule is O=C(N/N=C\C(Cl)=C\c1ccccc1)c1ccc(O)cc1. The Balaban J connectivity index is 1.94. The van der Waals surface area contributed by atoms with Crippen molar-refractivity contribution in [2.45, 2.75) is 0 Å². The first kappa shape index (κ1) is 14.8. The highest BCUT2D eigenvalue weighted by molar-refractivity contribution is 6.41. The van der Waals surface area contributed by atoms with E-state index in [2.05, 4.69) is 10.5 Å². The molecule has 2 rings (SSSR count). The summed E-state index contributed by atoms with van der Waals surface area (Å²) in [6.07, 6.45) is 3.09. The van der Waals surface area contributed by atoms with Gasteiger partial charge in [0.25, 0.3) is 5.91 Å². The molecule has 2 aromatic rings. The number of allylic oxidation sites excluding steroid dienone is 1. The number of phenolic OH excluding ortho intramolecular Hbond substituents is 1. The van der Waals surface area contributed by atoms with E-state index in [0.717, 1.165) is 5.56 Å². The van der Waals surface area contributed by atoms with Crippen molar-refractivity contribution in [3.8, 4) is 5.75 Å². The summed E-state index contributed by atoms with van der Waals surface area (Å²) in [4.78, 5) is 11.7. The standard InChI is InChI=1S/C16H13ClN2O2/c17-14(10-12-4-2-1-3-5-12)11-18-19-16(21)13-6-8-15(20)9-7-13/h1-11,20H,(H,19,21)/b14-10-,18-11-. The van der Waals surface area contributed by atoms with Gasteiger partial charge in [-0.1, -0.05) is 41.9 Å². The zero-order chi connectivity index (χ0) is 15.1. The first-order chi connectivity index (χ1) is 10.1. The number of amides is 1. The van der Waals surface area contributed by atoms with Gasteiger partial charge in [0, 0.05) is 5.56 Å². The van der Waals surface area contributed by atoms with Gasteiger partial charge in [0.15, 0.2) is 0 Å². The number of benzene rings is 2. The highest BCUT2D eigenvalue weighted by Gasteiger charge is 2.03. The van der Waals surface area contributed by atoms with E-state index < -0.39 is 0 Å². The van der Waals surface area contributed by atoms with E-state index in [-0.39, 0.29) is 11.7 Å². The molecular formula is C16H13ClN2O2. The summed E-state index contributed by atoms with van der Waals surface area (Å²) in [7, 11) is 0. The van der Waals surface area contributed by atoms with E-state index in [0.29, 0.717) is 10.6 Å². The third-order valence-electron chi connectivity index (χ3n) is 2.59. The summed E-state index contributed by atoms with van der Waals surface area (Å²) in [6, 6.07) is 15.4. The Kier molecular flexibility index (Phi) is 5.12. The monoisotopic (exact) mass is 300 g/mol. The van der Waals surface area contributed by atoms with E-state index in [1.807, 2.05) is 30.3 Å². The van der Waals surface area contributed by atoms with Gasteiger partial charge in [-0.25, -0.2) is 5.43 Å². The van der Waals surface area contributed by atoms with Crippen LogP contribution in [0.1, 0.15) is 15.9 Å². The largest absolute Gasteiger partial charge is 0.508 e. The van der Waals surface area contributed by atoms with Crippen LogP contribution in [0.15, 0.2) is 64.7 Å². The second-order valence-corrected chi connectivity index (χ2v) is 4.62. The van der Waals surface area contributed by atoms with E-state index in [9.17, 15) is 4.79 Å². The Morgan fingerprint density at radius 2 is 1.76 bits per heavy atom. The molecule has 0 aliphatic rings. The van der Waals surface area contributed by atoms with Crippen LogP contribution in [0, 0.1) is 0 Å². The number of carbonyl (C=O) groups excluding carboxylic acids is 1. The molecule has 1 amide bonds. The number of hydrogen-bond donors (Lipinski definition) is 2. The number of aromatic hydroxyl groups is 1. The van der Waals surface area contributed by atoms with Crippen LogP contribution < -0.4 is 5.43 Å². The fourth-order valence-corrected chi connectivity index (χ4v) is 1.75. The molecule has 0 aliphatic carbocycles. The van der Waals surface area contributed by atoms with Gasteiger partial charge < -0.3 is 5.11 Å². The number of nitrogens with one attached hydrogen (secondary N) is 1. The molecule has 2 N–H and O–H groups in total. The second kappa shape index (κ2) is 7.26. The van der Waals surface area contributed by atoms with Crippen molar-refractivity contribution in [1.82, 2.24) is 5.43 Å². The Hall–Kier alpha value is -2.59. The van der Waals surface area contributed by atoms with Crippen molar-refractivity contribution < 1.29 is 9.90 Å². The topological polar surface area (TPSA) is 61.7 Å². The molecule has 0 unspecified atom stereocenters. The molecular weight excluding hydrogens is 288 g/mol. The number of halogens is 1. The summed E-state index contributed by atoms with van der Waals surface area (Å²) in [5.74, 6) is -0.278. The number of hydrogen-bond acceptors (Lipinski definition) is 3. The molecule has 21 heavy (non-hydrogen) atoms. The van der Waals surface area contributed by atoms with Gasteiger partial charge in [-0.2, -0.15) is 5.10 Å². The molecule has 0 fully saturated rings. The number of nitrogens with zero attached hydrogens (tertiary/aromatic N) is 1. The average Bonchev–Trinajstić information content (AvgIpc) is 2.49. The molecule has 0 aromatic heterocycles. The quantitative estimate of drug-likeness (QED) is 0.671. The van der Waals surface area contributed by atoms with E-state index in [4.69, 9.17) is 16.7 Å². The van der Waals surface area contributed by atoms with Crippen LogP contribution in [-0.4, -0.2) is 17.2 Å². The molecule has 0 spiro atoms. The summed E-state index contributed by atoms with van der Waals surface area (Å²) in [5, 5.41) is 13.3.